The summed E-state index contributed by atoms with van der Waals surface area (Å²) in [5.41, 5.74) is 2.72. The minimum absolute atomic E-state index is 0.124. The minimum Gasteiger partial charge on any atom is -0.326 e. The van der Waals surface area contributed by atoms with Crippen LogP contribution in [0.2, 0.25) is 5.02 Å². The number of thioether (sulfide) groups is 1. The van der Waals surface area contributed by atoms with Gasteiger partial charge >= 0.3 is 0 Å². The maximum absolute atomic E-state index is 13.4. The topological polar surface area (TPSA) is 74.1 Å². The second-order valence-corrected chi connectivity index (χ2v) is 9.88. The van der Waals surface area contributed by atoms with Crippen molar-refractivity contribution in [3.63, 3.8) is 0 Å². The fraction of sp³-hybridized carbons (Fsp3) is 0.154. The quantitative estimate of drug-likeness (QED) is 0.458. The number of carbonyl (C=O) groups is 2. The summed E-state index contributed by atoms with van der Waals surface area (Å²) >= 11 is 7.22. The first-order chi connectivity index (χ1) is 17.4. The summed E-state index contributed by atoms with van der Waals surface area (Å²) in [4.78, 5) is 29.4. The molecule has 1 N–H and O–H groups in total. The molecule has 0 saturated heterocycles. The molecule has 0 saturated carbocycles. The number of aliphatic imine (C=N–C) groups is 1. The number of carbonyl (C=O) groups excluding carboxylic acids is 2. The van der Waals surface area contributed by atoms with Gasteiger partial charge in [0, 0.05) is 23.6 Å². The SMILES string of the molecule is O=C(C[C@@H]1SC(N2N=C(c3ccc(F)cc3)C[C@H]2c2ccc(Cl)cc2)=NC1=O)Nc1cccc(F)c1. The van der Waals surface area contributed by atoms with Crippen LogP contribution < -0.4 is 5.32 Å². The molecule has 6 nitrogen and oxygen atoms in total. The number of halogens is 3. The van der Waals surface area contributed by atoms with Crippen LogP contribution in [0.3, 0.4) is 0 Å². The van der Waals surface area contributed by atoms with Crippen LogP contribution in [0.5, 0.6) is 0 Å². The highest BCUT2D eigenvalue weighted by Gasteiger charge is 2.39. The van der Waals surface area contributed by atoms with Gasteiger partial charge in [-0.3, -0.25) is 9.59 Å². The lowest BCUT2D eigenvalue weighted by molar-refractivity contribution is -0.121. The predicted octanol–water partition coefficient (Wildman–Crippen LogP) is 5.80. The van der Waals surface area contributed by atoms with Crippen molar-refractivity contribution in [2.75, 3.05) is 5.32 Å². The van der Waals surface area contributed by atoms with Crippen LogP contribution in [0.1, 0.15) is 30.0 Å². The number of nitrogens with one attached hydrogen (secondary N) is 1. The summed E-state index contributed by atoms with van der Waals surface area (Å²) in [5.74, 6) is -1.68. The van der Waals surface area contributed by atoms with E-state index in [0.29, 0.717) is 22.3 Å². The Balaban J connectivity index is 1.35. The fourth-order valence-corrected chi connectivity index (χ4v) is 5.19. The van der Waals surface area contributed by atoms with Gasteiger partial charge in [-0.2, -0.15) is 10.1 Å². The van der Waals surface area contributed by atoms with Crippen LogP contribution in [-0.2, 0) is 9.59 Å². The highest BCUT2D eigenvalue weighted by Crippen LogP contribution is 2.39. The molecule has 3 aromatic rings. The van der Waals surface area contributed by atoms with Crippen LogP contribution >= 0.6 is 23.4 Å². The molecule has 5 rings (SSSR count). The number of anilines is 1. The Morgan fingerprint density at radius 3 is 2.53 bits per heavy atom. The second kappa shape index (κ2) is 10.2. The molecule has 10 heteroatoms. The average molecular weight is 525 g/mol. The maximum Gasteiger partial charge on any atom is 0.262 e. The summed E-state index contributed by atoms with van der Waals surface area (Å²) in [6.45, 7) is 0. The molecular weight excluding hydrogens is 506 g/mol. The van der Waals surface area contributed by atoms with E-state index in [2.05, 4.69) is 10.3 Å². The monoisotopic (exact) mass is 524 g/mol. The van der Waals surface area contributed by atoms with Crippen molar-refractivity contribution in [2.45, 2.75) is 24.1 Å². The van der Waals surface area contributed by atoms with E-state index in [1.165, 1.54) is 30.3 Å². The van der Waals surface area contributed by atoms with E-state index < -0.39 is 22.9 Å². The van der Waals surface area contributed by atoms with Crippen LogP contribution in [0.4, 0.5) is 14.5 Å². The van der Waals surface area contributed by atoms with Crippen molar-refractivity contribution in [3.8, 4) is 0 Å². The van der Waals surface area contributed by atoms with Crippen molar-refractivity contribution < 1.29 is 18.4 Å². The van der Waals surface area contributed by atoms with Crippen molar-refractivity contribution in [1.82, 2.24) is 5.01 Å². The zero-order valence-corrected chi connectivity index (χ0v) is 20.3. The molecule has 0 unspecified atom stereocenters. The van der Waals surface area contributed by atoms with Crippen LogP contribution in [-0.4, -0.2) is 33.0 Å². The lowest BCUT2D eigenvalue weighted by Gasteiger charge is -2.23. The summed E-state index contributed by atoms with van der Waals surface area (Å²) < 4.78 is 26.9. The molecule has 2 atom stereocenters. The lowest BCUT2D eigenvalue weighted by Crippen LogP contribution is -2.25. The molecule has 0 radical (unpaired) electrons. The summed E-state index contributed by atoms with van der Waals surface area (Å²) in [6, 6.07) is 18.7. The number of rotatable bonds is 5. The Morgan fingerprint density at radius 2 is 1.81 bits per heavy atom. The Morgan fingerprint density at radius 1 is 1.06 bits per heavy atom. The first-order valence-corrected chi connectivity index (χ1v) is 12.3. The number of hydrogen-bond acceptors (Lipinski definition) is 5. The van der Waals surface area contributed by atoms with Crippen LogP contribution in [0.15, 0.2) is 82.9 Å². The number of amidine groups is 1. The predicted molar refractivity (Wildman–Crippen MR) is 137 cm³/mol. The third-order valence-corrected chi connectivity index (χ3v) is 7.14. The van der Waals surface area contributed by atoms with Crippen molar-refractivity contribution in [2.24, 2.45) is 10.1 Å². The van der Waals surface area contributed by atoms with E-state index in [4.69, 9.17) is 16.7 Å². The minimum atomic E-state index is -0.732. The highest BCUT2D eigenvalue weighted by molar-refractivity contribution is 8.15. The largest absolute Gasteiger partial charge is 0.326 e. The Hall–Kier alpha value is -3.56. The number of amides is 2. The van der Waals surface area contributed by atoms with E-state index in [-0.39, 0.29) is 18.3 Å². The van der Waals surface area contributed by atoms with Crippen molar-refractivity contribution >= 4 is 51.7 Å². The van der Waals surface area contributed by atoms with Gasteiger partial charge in [0.2, 0.25) is 5.91 Å². The van der Waals surface area contributed by atoms with Crippen molar-refractivity contribution in [1.29, 1.82) is 0 Å². The summed E-state index contributed by atoms with van der Waals surface area (Å²) in [6.07, 6.45) is 0.382. The number of hydrogen-bond donors (Lipinski definition) is 1. The molecular formula is C26H19ClF2N4O2S. The van der Waals surface area contributed by atoms with Gasteiger partial charge in [-0.05, 0) is 53.6 Å². The van der Waals surface area contributed by atoms with Crippen molar-refractivity contribution in [3.05, 3.63) is 101 Å². The summed E-state index contributed by atoms with van der Waals surface area (Å²) in [7, 11) is 0. The first-order valence-electron chi connectivity index (χ1n) is 11.1. The Kier molecular flexibility index (Phi) is 6.84. The van der Waals surface area contributed by atoms with Gasteiger partial charge in [0.15, 0.2) is 5.17 Å². The molecule has 0 aliphatic carbocycles. The lowest BCUT2D eigenvalue weighted by atomic mass is 9.99. The number of hydrazone groups is 1. The van der Waals surface area contributed by atoms with Gasteiger partial charge in [0.1, 0.15) is 16.9 Å². The maximum atomic E-state index is 13.4. The highest BCUT2D eigenvalue weighted by atomic mass is 35.5. The molecule has 2 amide bonds. The normalized spacial score (nSPS) is 19.3. The molecule has 0 fully saturated rings. The number of benzene rings is 3. The number of nitrogens with zero attached hydrogens (tertiary/aromatic N) is 3. The third-order valence-electron chi connectivity index (χ3n) is 5.75. The molecule has 2 aliphatic heterocycles. The van der Waals surface area contributed by atoms with Gasteiger partial charge in [-0.1, -0.05) is 53.7 Å². The van der Waals surface area contributed by atoms with E-state index >= 15 is 0 Å². The van der Waals surface area contributed by atoms with Gasteiger partial charge in [0.25, 0.3) is 5.91 Å². The molecule has 2 heterocycles. The van der Waals surface area contributed by atoms with Gasteiger partial charge in [-0.25, -0.2) is 13.8 Å². The van der Waals surface area contributed by atoms with E-state index in [9.17, 15) is 18.4 Å². The molecule has 2 aliphatic rings. The molecule has 36 heavy (non-hydrogen) atoms. The van der Waals surface area contributed by atoms with Gasteiger partial charge in [-0.15, -0.1) is 0 Å². The smallest absolute Gasteiger partial charge is 0.262 e. The Labute approximate surface area is 215 Å². The molecule has 0 bridgehead atoms. The zero-order chi connectivity index (χ0) is 25.2. The average Bonchev–Trinajstić information content (AvgIpc) is 3.44. The Bertz CT molecular complexity index is 1380. The molecule has 3 aromatic carbocycles. The molecule has 182 valence electrons. The second-order valence-electron chi connectivity index (χ2n) is 8.27. The zero-order valence-electron chi connectivity index (χ0n) is 18.7. The van der Waals surface area contributed by atoms with Crippen LogP contribution in [0, 0.1) is 11.6 Å². The first kappa shape index (κ1) is 24.1. The standard InChI is InChI=1S/C26H19ClF2N4O2S/c27-17-8-4-16(5-9-17)22-13-21(15-6-10-18(28)11-7-15)32-33(22)26-31-25(35)23(36-26)14-24(34)30-20-3-1-2-19(29)12-20/h1-12,22-23H,13-14H2,(H,30,34)/t22-,23-/m0/s1. The molecule has 0 aromatic heterocycles. The van der Waals surface area contributed by atoms with E-state index in [1.807, 2.05) is 12.1 Å². The summed E-state index contributed by atoms with van der Waals surface area (Å²) in [5, 5.41) is 9.24. The fourth-order valence-electron chi connectivity index (χ4n) is 4.00. The third kappa shape index (κ3) is 5.32. The molecule has 0 spiro atoms. The van der Waals surface area contributed by atoms with Gasteiger partial charge in [0.05, 0.1) is 11.8 Å². The van der Waals surface area contributed by atoms with E-state index in [1.54, 1.807) is 35.3 Å². The van der Waals surface area contributed by atoms with Crippen LogP contribution in [0.25, 0.3) is 0 Å². The van der Waals surface area contributed by atoms with Gasteiger partial charge < -0.3 is 5.32 Å². The van der Waals surface area contributed by atoms with E-state index in [0.717, 1.165) is 28.6 Å².